The third-order valence-electron chi connectivity index (χ3n) is 3.76. The third-order valence-corrected chi connectivity index (χ3v) is 4.90. The molecule has 128 valence electrons. The number of carbonyl (C=O) groups excluding carboxylic acids is 1. The normalized spacial score (nSPS) is 11.9. The number of amidine groups is 1. The second kappa shape index (κ2) is 7.36. The zero-order valence-electron chi connectivity index (χ0n) is 13.8. The van der Waals surface area contributed by atoms with Gasteiger partial charge in [-0.15, -0.1) is 11.3 Å². The highest BCUT2D eigenvalue weighted by Crippen LogP contribution is 2.34. The molecule has 1 unspecified atom stereocenters. The molecule has 0 fully saturated rings. The van der Waals surface area contributed by atoms with E-state index in [1.807, 2.05) is 54.6 Å². The summed E-state index contributed by atoms with van der Waals surface area (Å²) < 4.78 is 7.25. The lowest BCUT2D eigenvalue weighted by atomic mass is 10.1. The van der Waals surface area contributed by atoms with E-state index in [0.29, 0.717) is 17.2 Å². The highest BCUT2D eigenvalue weighted by molar-refractivity contribution is 7.20. The number of fused-ring (bicyclic) bond motifs is 1. The number of rotatable bonds is 6. The number of carbonyl (C=O) groups is 1. The Morgan fingerprint density at radius 1 is 1.24 bits per heavy atom. The SMILES string of the molecule is CC(=O)NCC(Oc1cccc2sc(C(=N)N)cc12)c1ccccc1. The van der Waals surface area contributed by atoms with Crippen molar-refractivity contribution in [1.29, 1.82) is 5.41 Å². The fraction of sp³-hybridized carbons (Fsp3) is 0.158. The van der Waals surface area contributed by atoms with Gasteiger partial charge in [0.2, 0.25) is 5.91 Å². The molecule has 0 radical (unpaired) electrons. The largest absolute Gasteiger partial charge is 0.483 e. The molecule has 0 aliphatic carbocycles. The second-order valence-electron chi connectivity index (χ2n) is 5.65. The molecule has 1 heterocycles. The topological polar surface area (TPSA) is 88.2 Å². The molecule has 1 amide bonds. The van der Waals surface area contributed by atoms with Crippen molar-refractivity contribution in [2.24, 2.45) is 5.73 Å². The molecule has 5 nitrogen and oxygen atoms in total. The maximum Gasteiger partial charge on any atom is 0.217 e. The monoisotopic (exact) mass is 353 g/mol. The van der Waals surface area contributed by atoms with Gasteiger partial charge >= 0.3 is 0 Å². The van der Waals surface area contributed by atoms with E-state index in [0.717, 1.165) is 15.6 Å². The first-order valence-corrected chi connectivity index (χ1v) is 8.69. The van der Waals surface area contributed by atoms with Crippen molar-refractivity contribution in [1.82, 2.24) is 5.32 Å². The highest BCUT2D eigenvalue weighted by atomic mass is 32.1. The third kappa shape index (κ3) is 3.97. The fourth-order valence-corrected chi connectivity index (χ4v) is 3.49. The number of nitrogen functional groups attached to an aromatic ring is 1. The van der Waals surface area contributed by atoms with Crippen molar-refractivity contribution >= 4 is 33.2 Å². The van der Waals surface area contributed by atoms with E-state index in [-0.39, 0.29) is 17.8 Å². The van der Waals surface area contributed by atoms with Gasteiger partial charge < -0.3 is 15.8 Å². The lowest BCUT2D eigenvalue weighted by Gasteiger charge is -2.20. The Morgan fingerprint density at radius 3 is 2.68 bits per heavy atom. The van der Waals surface area contributed by atoms with Crippen molar-refractivity contribution in [3.05, 3.63) is 65.0 Å². The molecule has 3 rings (SSSR count). The van der Waals surface area contributed by atoms with Gasteiger partial charge in [-0.1, -0.05) is 36.4 Å². The van der Waals surface area contributed by atoms with Gasteiger partial charge in [0, 0.05) is 17.0 Å². The smallest absolute Gasteiger partial charge is 0.217 e. The van der Waals surface area contributed by atoms with Crippen LogP contribution in [-0.2, 0) is 4.79 Å². The standard InChI is InChI=1S/C19H19N3O2S/c1-12(23)22-11-16(13-6-3-2-4-7-13)24-15-8-5-9-17-14(15)10-18(25-17)19(20)21/h2-10,16H,11H2,1H3,(H3,20,21)(H,22,23). The van der Waals surface area contributed by atoms with Gasteiger partial charge in [0.05, 0.1) is 11.4 Å². The number of benzene rings is 2. The number of nitrogens with one attached hydrogen (secondary N) is 2. The fourth-order valence-electron chi connectivity index (χ4n) is 2.55. The molecule has 25 heavy (non-hydrogen) atoms. The first kappa shape index (κ1) is 17.0. The maximum absolute atomic E-state index is 11.3. The Labute approximate surface area is 149 Å². The van der Waals surface area contributed by atoms with Crippen molar-refractivity contribution in [3.63, 3.8) is 0 Å². The number of hydrogen-bond acceptors (Lipinski definition) is 4. The first-order valence-electron chi connectivity index (χ1n) is 7.87. The predicted octanol–water partition coefficient (Wildman–Crippen LogP) is 3.44. The van der Waals surface area contributed by atoms with Crippen LogP contribution in [0.15, 0.2) is 54.6 Å². The van der Waals surface area contributed by atoms with Crippen LogP contribution < -0.4 is 15.8 Å². The van der Waals surface area contributed by atoms with Gasteiger partial charge in [0.25, 0.3) is 0 Å². The quantitative estimate of drug-likeness (QED) is 0.468. The Balaban J connectivity index is 1.94. The van der Waals surface area contributed by atoms with E-state index in [2.05, 4.69) is 5.32 Å². The number of amides is 1. The van der Waals surface area contributed by atoms with Gasteiger partial charge in [-0.3, -0.25) is 10.2 Å². The minimum atomic E-state index is -0.309. The molecule has 2 aromatic carbocycles. The predicted molar refractivity (Wildman–Crippen MR) is 101 cm³/mol. The Hall–Kier alpha value is -2.86. The van der Waals surface area contributed by atoms with E-state index in [1.165, 1.54) is 18.3 Å². The maximum atomic E-state index is 11.3. The molecular weight excluding hydrogens is 334 g/mol. The average Bonchev–Trinajstić information content (AvgIpc) is 3.04. The van der Waals surface area contributed by atoms with Crippen LogP contribution in [0.1, 0.15) is 23.5 Å². The number of nitrogens with two attached hydrogens (primary N) is 1. The molecule has 0 aliphatic rings. The van der Waals surface area contributed by atoms with Gasteiger partial charge in [-0.2, -0.15) is 0 Å². The molecule has 6 heteroatoms. The van der Waals surface area contributed by atoms with E-state index >= 15 is 0 Å². The van der Waals surface area contributed by atoms with Gasteiger partial charge in [0.1, 0.15) is 17.7 Å². The van der Waals surface area contributed by atoms with E-state index in [1.54, 1.807) is 0 Å². The molecule has 0 saturated heterocycles. The molecular formula is C19H19N3O2S. The van der Waals surface area contributed by atoms with Crippen molar-refractivity contribution in [2.45, 2.75) is 13.0 Å². The number of ether oxygens (including phenoxy) is 1. The van der Waals surface area contributed by atoms with E-state index in [4.69, 9.17) is 15.9 Å². The molecule has 0 saturated carbocycles. The Bertz CT molecular complexity index is 905. The van der Waals surface area contributed by atoms with E-state index < -0.39 is 0 Å². The summed E-state index contributed by atoms with van der Waals surface area (Å²) in [4.78, 5) is 12.0. The van der Waals surface area contributed by atoms with Crippen LogP contribution in [0.3, 0.4) is 0 Å². The van der Waals surface area contributed by atoms with Gasteiger partial charge in [-0.25, -0.2) is 0 Å². The molecule has 0 aliphatic heterocycles. The summed E-state index contributed by atoms with van der Waals surface area (Å²) in [6, 6.07) is 17.4. The summed E-state index contributed by atoms with van der Waals surface area (Å²) in [7, 11) is 0. The summed E-state index contributed by atoms with van der Waals surface area (Å²) in [5, 5.41) is 11.4. The number of thiophene rings is 1. The zero-order chi connectivity index (χ0) is 17.8. The van der Waals surface area contributed by atoms with Gasteiger partial charge in [-0.05, 0) is 23.8 Å². The Kier molecular flexibility index (Phi) is 5.00. The van der Waals surface area contributed by atoms with Crippen LogP contribution in [0.4, 0.5) is 0 Å². The molecule has 0 spiro atoms. The zero-order valence-corrected chi connectivity index (χ0v) is 14.6. The van der Waals surface area contributed by atoms with Crippen LogP contribution in [0.5, 0.6) is 5.75 Å². The molecule has 1 aromatic heterocycles. The summed E-state index contributed by atoms with van der Waals surface area (Å²) >= 11 is 1.46. The van der Waals surface area contributed by atoms with Crippen LogP contribution in [0, 0.1) is 5.41 Å². The highest BCUT2D eigenvalue weighted by Gasteiger charge is 2.16. The van der Waals surface area contributed by atoms with E-state index in [9.17, 15) is 4.79 Å². The van der Waals surface area contributed by atoms with Crippen molar-refractivity contribution in [3.8, 4) is 5.75 Å². The molecule has 3 aromatic rings. The molecule has 1 atom stereocenters. The minimum absolute atomic E-state index is 0.0463. The molecule has 4 N–H and O–H groups in total. The van der Waals surface area contributed by atoms with Gasteiger partial charge in [0.15, 0.2) is 0 Å². The summed E-state index contributed by atoms with van der Waals surface area (Å²) in [5.41, 5.74) is 6.59. The van der Waals surface area contributed by atoms with Crippen molar-refractivity contribution in [2.75, 3.05) is 6.54 Å². The minimum Gasteiger partial charge on any atom is -0.483 e. The lowest BCUT2D eigenvalue weighted by Crippen LogP contribution is -2.28. The molecule has 0 bridgehead atoms. The van der Waals surface area contributed by atoms with Crippen LogP contribution >= 0.6 is 11.3 Å². The van der Waals surface area contributed by atoms with Crippen LogP contribution in [0.2, 0.25) is 0 Å². The summed E-state index contributed by atoms with van der Waals surface area (Å²) in [5.74, 6) is 0.655. The van der Waals surface area contributed by atoms with Crippen molar-refractivity contribution < 1.29 is 9.53 Å². The average molecular weight is 353 g/mol. The summed E-state index contributed by atoms with van der Waals surface area (Å²) in [6.07, 6.45) is -0.309. The van der Waals surface area contributed by atoms with Crippen LogP contribution in [-0.4, -0.2) is 18.3 Å². The first-order chi connectivity index (χ1) is 12.0. The lowest BCUT2D eigenvalue weighted by molar-refractivity contribution is -0.119. The number of hydrogen-bond donors (Lipinski definition) is 3. The summed E-state index contributed by atoms with van der Waals surface area (Å²) in [6.45, 7) is 1.86. The second-order valence-corrected chi connectivity index (χ2v) is 6.73. The van der Waals surface area contributed by atoms with Crippen LogP contribution in [0.25, 0.3) is 10.1 Å². The Morgan fingerprint density at radius 2 is 2.00 bits per heavy atom.